The predicted octanol–water partition coefficient (Wildman–Crippen LogP) is 3.87. The second-order valence-corrected chi connectivity index (χ2v) is 6.06. The van der Waals surface area contributed by atoms with Gasteiger partial charge in [-0.05, 0) is 43.9 Å². The monoisotopic (exact) mass is 266 g/mol. The van der Waals surface area contributed by atoms with Crippen molar-refractivity contribution in [3.05, 3.63) is 28.3 Å². The summed E-state index contributed by atoms with van der Waals surface area (Å²) in [5.74, 6) is 0.467. The van der Waals surface area contributed by atoms with E-state index in [9.17, 15) is 0 Å². The van der Waals surface area contributed by atoms with Crippen molar-refractivity contribution in [3.63, 3.8) is 0 Å². The quantitative estimate of drug-likeness (QED) is 0.476. The van der Waals surface area contributed by atoms with Crippen molar-refractivity contribution in [2.75, 3.05) is 11.9 Å². The fraction of sp³-hybridized carbons (Fsp3) is 0.500. The van der Waals surface area contributed by atoms with Gasteiger partial charge in [0, 0.05) is 23.8 Å². The third-order valence-electron chi connectivity index (χ3n) is 3.95. The van der Waals surface area contributed by atoms with Crippen molar-refractivity contribution in [2.45, 2.75) is 38.6 Å². The third kappa shape index (κ3) is 2.07. The molecular formula is C14H19ClN2O. The van der Waals surface area contributed by atoms with Crippen LogP contribution in [0.2, 0.25) is 5.02 Å². The van der Waals surface area contributed by atoms with Crippen LogP contribution in [-0.2, 0) is 0 Å². The summed E-state index contributed by atoms with van der Waals surface area (Å²) >= 11 is 6.22. The molecule has 0 aliphatic carbocycles. The summed E-state index contributed by atoms with van der Waals surface area (Å²) < 4.78 is 0. The fourth-order valence-electron chi connectivity index (χ4n) is 2.77. The predicted molar refractivity (Wildman–Crippen MR) is 76.3 cm³/mol. The molecule has 0 saturated carbocycles. The highest BCUT2D eigenvalue weighted by atomic mass is 35.5. The number of benzene rings is 1. The van der Waals surface area contributed by atoms with Gasteiger partial charge < -0.3 is 10.1 Å². The van der Waals surface area contributed by atoms with E-state index in [1.807, 2.05) is 12.1 Å². The average molecular weight is 267 g/mol. The molecule has 1 unspecified atom stereocenters. The molecule has 0 fully saturated rings. The molecule has 1 aromatic carbocycles. The van der Waals surface area contributed by atoms with Gasteiger partial charge in [-0.3, -0.25) is 0 Å². The van der Waals surface area contributed by atoms with Gasteiger partial charge >= 0.3 is 0 Å². The van der Waals surface area contributed by atoms with Gasteiger partial charge in [-0.25, -0.2) is 0 Å². The molecule has 1 aliphatic rings. The van der Waals surface area contributed by atoms with Crippen LogP contribution in [0.1, 0.15) is 44.2 Å². The summed E-state index contributed by atoms with van der Waals surface area (Å²) in [6.45, 7) is 6.70. The van der Waals surface area contributed by atoms with E-state index < -0.39 is 0 Å². The van der Waals surface area contributed by atoms with Crippen molar-refractivity contribution >= 4 is 23.5 Å². The molecule has 1 heterocycles. The van der Waals surface area contributed by atoms with E-state index in [-0.39, 0.29) is 5.54 Å². The van der Waals surface area contributed by atoms with Gasteiger partial charge in [0.05, 0.1) is 11.2 Å². The Bertz CT molecular complexity index is 497. The van der Waals surface area contributed by atoms with Gasteiger partial charge in [-0.15, -0.1) is 0 Å². The Kier molecular flexibility index (Phi) is 3.28. The Morgan fingerprint density at radius 3 is 2.78 bits per heavy atom. The first kappa shape index (κ1) is 13.2. The topological polar surface area (TPSA) is 35.8 Å². The molecule has 0 bridgehead atoms. The Labute approximate surface area is 113 Å². The van der Waals surface area contributed by atoms with Gasteiger partial charge in [0.25, 0.3) is 0 Å². The number of halogens is 1. The zero-order chi connectivity index (χ0) is 13.5. The zero-order valence-electron chi connectivity index (χ0n) is 11.2. The van der Waals surface area contributed by atoms with Crippen LogP contribution < -0.4 is 4.90 Å². The van der Waals surface area contributed by atoms with Crippen molar-refractivity contribution in [2.24, 2.45) is 5.16 Å². The molecule has 1 aliphatic heterocycles. The van der Waals surface area contributed by atoms with Crippen LogP contribution in [0, 0.1) is 0 Å². The summed E-state index contributed by atoms with van der Waals surface area (Å²) in [6, 6.07) is 3.99. The van der Waals surface area contributed by atoms with E-state index in [0.717, 1.165) is 12.0 Å². The average Bonchev–Trinajstić information content (AvgIpc) is 2.28. The number of rotatable bonds is 1. The fourth-order valence-corrected chi connectivity index (χ4v) is 2.97. The minimum Gasteiger partial charge on any atom is -0.411 e. The Morgan fingerprint density at radius 1 is 1.50 bits per heavy atom. The first-order valence-electron chi connectivity index (χ1n) is 6.11. The highest BCUT2D eigenvalue weighted by Gasteiger charge is 2.34. The molecule has 2 rings (SSSR count). The number of hydrogen-bond donors (Lipinski definition) is 1. The van der Waals surface area contributed by atoms with Gasteiger partial charge in [0.2, 0.25) is 0 Å². The summed E-state index contributed by atoms with van der Waals surface area (Å²) in [7, 11) is 2.10. The molecule has 1 atom stereocenters. The number of oxime groups is 1. The number of anilines is 1. The first-order valence-corrected chi connectivity index (χ1v) is 6.49. The Balaban J connectivity index is 2.58. The second kappa shape index (κ2) is 4.47. The van der Waals surface area contributed by atoms with Gasteiger partial charge in [0.15, 0.2) is 0 Å². The maximum Gasteiger partial charge on any atom is 0.0748 e. The minimum absolute atomic E-state index is 0.127. The summed E-state index contributed by atoms with van der Waals surface area (Å²) in [5.41, 5.74) is 3.32. The van der Waals surface area contributed by atoms with Gasteiger partial charge in [-0.1, -0.05) is 23.7 Å². The zero-order valence-corrected chi connectivity index (χ0v) is 12.0. The Hall–Kier alpha value is -1.22. The van der Waals surface area contributed by atoms with Crippen LogP contribution in [0.3, 0.4) is 0 Å². The van der Waals surface area contributed by atoms with Crippen molar-refractivity contribution in [1.29, 1.82) is 0 Å². The first-order chi connectivity index (χ1) is 8.36. The van der Waals surface area contributed by atoms with E-state index in [2.05, 4.69) is 37.9 Å². The SMILES string of the molecule is CC1CC(C)(C)N(C)c2cc(Cl)c(/C=N/O)cc21. The maximum absolute atomic E-state index is 8.65. The molecule has 0 saturated heterocycles. The van der Waals surface area contributed by atoms with Crippen LogP contribution in [0.25, 0.3) is 0 Å². The van der Waals surface area contributed by atoms with E-state index in [1.165, 1.54) is 17.5 Å². The summed E-state index contributed by atoms with van der Waals surface area (Å²) in [6.07, 6.45) is 2.48. The van der Waals surface area contributed by atoms with Crippen LogP contribution in [0.15, 0.2) is 17.3 Å². The van der Waals surface area contributed by atoms with Crippen molar-refractivity contribution in [1.82, 2.24) is 0 Å². The molecule has 3 nitrogen and oxygen atoms in total. The normalized spacial score (nSPS) is 22.3. The molecule has 4 heteroatoms. The Morgan fingerprint density at radius 2 is 2.17 bits per heavy atom. The molecule has 0 aromatic heterocycles. The van der Waals surface area contributed by atoms with E-state index >= 15 is 0 Å². The van der Waals surface area contributed by atoms with Crippen molar-refractivity contribution in [3.8, 4) is 0 Å². The second-order valence-electron chi connectivity index (χ2n) is 5.65. The minimum atomic E-state index is 0.127. The maximum atomic E-state index is 8.65. The molecular weight excluding hydrogens is 248 g/mol. The third-order valence-corrected chi connectivity index (χ3v) is 4.28. The lowest BCUT2D eigenvalue weighted by Gasteiger charge is -2.45. The van der Waals surface area contributed by atoms with E-state index in [4.69, 9.17) is 16.8 Å². The lowest BCUT2D eigenvalue weighted by Crippen LogP contribution is -2.45. The number of fused-ring (bicyclic) bond motifs is 1. The standard InChI is InChI=1S/C14H19ClN2O/c1-9-7-14(2,3)17(4)13-6-12(15)10(8-16-18)5-11(9)13/h5-6,8-9,18H,7H2,1-4H3/b16-8+. The largest absolute Gasteiger partial charge is 0.411 e. The molecule has 0 radical (unpaired) electrons. The van der Waals surface area contributed by atoms with Crippen LogP contribution in [-0.4, -0.2) is 24.0 Å². The molecule has 18 heavy (non-hydrogen) atoms. The van der Waals surface area contributed by atoms with Crippen molar-refractivity contribution < 1.29 is 5.21 Å². The van der Waals surface area contributed by atoms with Gasteiger partial charge in [-0.2, -0.15) is 0 Å². The molecule has 0 spiro atoms. The lowest BCUT2D eigenvalue weighted by atomic mass is 9.80. The van der Waals surface area contributed by atoms with Gasteiger partial charge in [0.1, 0.15) is 0 Å². The van der Waals surface area contributed by atoms with Crippen LogP contribution >= 0.6 is 11.6 Å². The number of nitrogens with zero attached hydrogens (tertiary/aromatic N) is 2. The summed E-state index contributed by atoms with van der Waals surface area (Å²) in [5, 5.41) is 12.3. The molecule has 1 aromatic rings. The molecule has 1 N–H and O–H groups in total. The van der Waals surface area contributed by atoms with Crippen LogP contribution in [0.4, 0.5) is 5.69 Å². The lowest BCUT2D eigenvalue weighted by molar-refractivity contribution is 0.322. The smallest absolute Gasteiger partial charge is 0.0748 e. The molecule has 98 valence electrons. The highest BCUT2D eigenvalue weighted by molar-refractivity contribution is 6.33. The van der Waals surface area contributed by atoms with Crippen LogP contribution in [0.5, 0.6) is 0 Å². The summed E-state index contributed by atoms with van der Waals surface area (Å²) in [4.78, 5) is 2.27. The number of hydrogen-bond acceptors (Lipinski definition) is 3. The van der Waals surface area contributed by atoms with E-state index in [1.54, 1.807) is 0 Å². The van der Waals surface area contributed by atoms with E-state index in [0.29, 0.717) is 10.9 Å². The highest BCUT2D eigenvalue weighted by Crippen LogP contribution is 2.43. The molecule has 0 amide bonds.